The van der Waals surface area contributed by atoms with Gasteiger partial charge in [-0.05, 0) is 31.9 Å². The number of benzene rings is 1. The van der Waals surface area contributed by atoms with Crippen LogP contribution in [0.15, 0.2) is 30.6 Å². The highest BCUT2D eigenvalue weighted by Crippen LogP contribution is 2.27. The van der Waals surface area contributed by atoms with Gasteiger partial charge in [-0.3, -0.25) is 0 Å². The minimum absolute atomic E-state index is 0.0109. The third-order valence-corrected chi connectivity index (χ3v) is 6.18. The Morgan fingerprint density at radius 1 is 1.19 bits per heavy atom. The number of carbonyl (C=O) groups is 1. The summed E-state index contributed by atoms with van der Waals surface area (Å²) >= 11 is 5.82. The molecular formula is C22H27ClFN5O2. The molecule has 31 heavy (non-hydrogen) atoms. The number of halogens is 2. The Labute approximate surface area is 186 Å². The molecule has 1 aromatic carbocycles. The molecule has 0 spiro atoms. The highest BCUT2D eigenvalue weighted by atomic mass is 35.5. The van der Waals surface area contributed by atoms with Gasteiger partial charge < -0.3 is 19.9 Å². The summed E-state index contributed by atoms with van der Waals surface area (Å²) in [5.41, 5.74) is 0. The quantitative estimate of drug-likeness (QED) is 0.740. The second kappa shape index (κ2) is 9.68. The van der Waals surface area contributed by atoms with Crippen molar-refractivity contribution in [3.8, 4) is 11.6 Å². The third-order valence-electron chi connectivity index (χ3n) is 5.89. The number of ether oxygens (including phenoxy) is 1. The van der Waals surface area contributed by atoms with Crippen LogP contribution in [-0.2, 0) is 0 Å². The molecule has 2 heterocycles. The average molecular weight is 448 g/mol. The Morgan fingerprint density at radius 2 is 2.00 bits per heavy atom. The summed E-state index contributed by atoms with van der Waals surface area (Å²) in [6, 6.07) is 6.26. The minimum atomic E-state index is -0.503. The minimum Gasteiger partial charge on any atom is -0.439 e. The Hall–Kier alpha value is -2.61. The van der Waals surface area contributed by atoms with E-state index in [4.69, 9.17) is 16.3 Å². The molecule has 9 heteroatoms. The Balaban J connectivity index is 1.37. The van der Waals surface area contributed by atoms with Crippen molar-refractivity contribution in [1.29, 1.82) is 0 Å². The van der Waals surface area contributed by atoms with Crippen molar-refractivity contribution in [3.63, 3.8) is 0 Å². The maximum absolute atomic E-state index is 13.3. The van der Waals surface area contributed by atoms with E-state index in [0.29, 0.717) is 37.3 Å². The van der Waals surface area contributed by atoms with E-state index in [1.54, 1.807) is 6.07 Å². The second-order valence-electron chi connectivity index (χ2n) is 8.17. The predicted molar refractivity (Wildman–Crippen MR) is 117 cm³/mol. The van der Waals surface area contributed by atoms with E-state index in [1.807, 2.05) is 11.8 Å². The van der Waals surface area contributed by atoms with Gasteiger partial charge >= 0.3 is 6.03 Å². The smallest absolute Gasteiger partial charge is 0.317 e. The normalized spacial score (nSPS) is 19.9. The van der Waals surface area contributed by atoms with Crippen molar-refractivity contribution in [2.75, 3.05) is 24.5 Å². The summed E-state index contributed by atoms with van der Waals surface area (Å²) in [6.07, 6.45) is 7.22. The van der Waals surface area contributed by atoms with E-state index < -0.39 is 5.82 Å². The first-order chi connectivity index (χ1) is 15.0. The fourth-order valence-corrected chi connectivity index (χ4v) is 4.36. The number of hydrogen-bond donors (Lipinski definition) is 1. The van der Waals surface area contributed by atoms with E-state index in [9.17, 15) is 9.18 Å². The first kappa shape index (κ1) is 21.6. The summed E-state index contributed by atoms with van der Waals surface area (Å²) in [6.45, 7) is 4.00. The summed E-state index contributed by atoms with van der Waals surface area (Å²) < 4.78 is 19.1. The lowest BCUT2D eigenvalue weighted by molar-refractivity contribution is 0.165. The van der Waals surface area contributed by atoms with Crippen molar-refractivity contribution in [1.82, 2.24) is 20.2 Å². The molecule has 166 valence electrons. The first-order valence-corrected chi connectivity index (χ1v) is 11.1. The summed E-state index contributed by atoms with van der Waals surface area (Å²) in [5, 5.41) is 3.19. The molecule has 0 radical (unpaired) electrons. The average Bonchev–Trinajstić information content (AvgIpc) is 2.77. The number of hydrogen-bond acceptors (Lipinski definition) is 5. The second-order valence-corrected chi connectivity index (χ2v) is 8.57. The molecule has 1 N–H and O–H groups in total. The highest BCUT2D eigenvalue weighted by molar-refractivity contribution is 6.30. The molecule has 2 aliphatic rings. The Kier molecular flexibility index (Phi) is 6.75. The van der Waals surface area contributed by atoms with E-state index in [-0.39, 0.29) is 17.1 Å². The van der Waals surface area contributed by atoms with Crippen LogP contribution in [0.3, 0.4) is 0 Å². The maximum Gasteiger partial charge on any atom is 0.317 e. The molecule has 7 nitrogen and oxygen atoms in total. The molecule has 1 aliphatic heterocycles. The van der Waals surface area contributed by atoms with Crippen LogP contribution in [0.1, 0.15) is 39.0 Å². The lowest BCUT2D eigenvalue weighted by Gasteiger charge is -2.41. The number of nitrogens with zero attached hydrogens (tertiary/aromatic N) is 4. The summed E-state index contributed by atoms with van der Waals surface area (Å²) in [5.74, 6) is 0.959. The Morgan fingerprint density at radius 3 is 2.74 bits per heavy atom. The van der Waals surface area contributed by atoms with Gasteiger partial charge in [0.15, 0.2) is 0 Å². The maximum atomic E-state index is 13.3. The van der Waals surface area contributed by atoms with Crippen molar-refractivity contribution < 1.29 is 13.9 Å². The SMILES string of the molecule is C[C@@H]1CN(c2cc(Oc3ccc(F)c(Cl)c3)ncn2)CCN1C(=O)NC1CCCCC1. The molecule has 2 aromatic rings. The zero-order chi connectivity index (χ0) is 21.8. The van der Waals surface area contributed by atoms with Crippen molar-refractivity contribution in [3.05, 3.63) is 41.4 Å². The van der Waals surface area contributed by atoms with Gasteiger partial charge in [-0.15, -0.1) is 0 Å². The van der Waals surface area contributed by atoms with Crippen LogP contribution in [0.5, 0.6) is 11.6 Å². The number of piperazine rings is 1. The van der Waals surface area contributed by atoms with E-state index >= 15 is 0 Å². The Bertz CT molecular complexity index is 925. The van der Waals surface area contributed by atoms with Gasteiger partial charge in [-0.1, -0.05) is 30.9 Å². The van der Waals surface area contributed by atoms with Crippen molar-refractivity contribution >= 4 is 23.4 Å². The molecule has 1 aromatic heterocycles. The lowest BCUT2D eigenvalue weighted by Crippen LogP contribution is -2.58. The van der Waals surface area contributed by atoms with Gasteiger partial charge in [0, 0.05) is 43.9 Å². The van der Waals surface area contributed by atoms with Gasteiger partial charge in [-0.2, -0.15) is 0 Å². The van der Waals surface area contributed by atoms with Gasteiger partial charge in [0.1, 0.15) is 23.7 Å². The molecule has 4 rings (SSSR count). The summed E-state index contributed by atoms with van der Waals surface area (Å²) in [4.78, 5) is 25.3. The van der Waals surface area contributed by atoms with Crippen LogP contribution in [0, 0.1) is 5.82 Å². The first-order valence-electron chi connectivity index (χ1n) is 10.8. The molecule has 1 aliphatic carbocycles. The fraction of sp³-hybridized carbons (Fsp3) is 0.500. The summed E-state index contributed by atoms with van der Waals surface area (Å²) in [7, 11) is 0. The molecule has 0 bridgehead atoms. The van der Waals surface area contributed by atoms with Crippen molar-refractivity contribution in [2.45, 2.75) is 51.1 Å². The monoisotopic (exact) mass is 447 g/mol. The number of rotatable bonds is 4. The van der Waals surface area contributed by atoms with Crippen LogP contribution >= 0.6 is 11.6 Å². The molecule has 2 fully saturated rings. The number of nitrogens with one attached hydrogen (secondary N) is 1. The van der Waals surface area contributed by atoms with Crippen LogP contribution in [0.2, 0.25) is 5.02 Å². The number of aromatic nitrogens is 2. The van der Waals surface area contributed by atoms with Crippen LogP contribution in [0.25, 0.3) is 0 Å². The van der Waals surface area contributed by atoms with Gasteiger partial charge in [0.25, 0.3) is 0 Å². The number of carbonyl (C=O) groups excluding carboxylic acids is 1. The van der Waals surface area contributed by atoms with Gasteiger partial charge in [0.2, 0.25) is 5.88 Å². The van der Waals surface area contributed by atoms with E-state index in [0.717, 1.165) is 18.7 Å². The topological polar surface area (TPSA) is 70.6 Å². The molecular weight excluding hydrogens is 421 g/mol. The van der Waals surface area contributed by atoms with Crippen LogP contribution in [-0.4, -0.2) is 52.6 Å². The van der Waals surface area contributed by atoms with Crippen LogP contribution in [0.4, 0.5) is 15.0 Å². The molecule has 0 unspecified atom stereocenters. The number of urea groups is 1. The molecule has 2 amide bonds. The van der Waals surface area contributed by atoms with Gasteiger partial charge in [-0.25, -0.2) is 19.2 Å². The number of anilines is 1. The van der Waals surface area contributed by atoms with Gasteiger partial charge in [0.05, 0.1) is 5.02 Å². The van der Waals surface area contributed by atoms with E-state index in [2.05, 4.69) is 20.2 Å². The standard InChI is InChI=1S/C22H27ClFN5O2/c1-15-13-28(9-10-29(15)22(30)27-16-5-3-2-4-6-16)20-12-21(26-14-25-20)31-17-7-8-19(24)18(23)11-17/h7-8,11-12,14-16H,2-6,9-10,13H2,1H3,(H,27,30)/t15-/m1/s1. The molecule has 1 atom stereocenters. The molecule has 1 saturated carbocycles. The lowest BCUT2D eigenvalue weighted by atomic mass is 9.96. The zero-order valence-corrected chi connectivity index (χ0v) is 18.3. The molecule has 1 saturated heterocycles. The predicted octanol–water partition coefficient (Wildman–Crippen LogP) is 4.61. The van der Waals surface area contributed by atoms with Crippen LogP contribution < -0.4 is 15.0 Å². The van der Waals surface area contributed by atoms with Crippen molar-refractivity contribution in [2.24, 2.45) is 0 Å². The fourth-order valence-electron chi connectivity index (χ4n) is 4.19. The largest absolute Gasteiger partial charge is 0.439 e. The number of amides is 2. The third kappa shape index (κ3) is 5.36. The zero-order valence-electron chi connectivity index (χ0n) is 17.6. The van der Waals surface area contributed by atoms with E-state index in [1.165, 1.54) is 43.8 Å². The highest BCUT2D eigenvalue weighted by Gasteiger charge is 2.29.